The smallest absolute Gasteiger partial charge is 0.235 e. The molecule has 2 aromatic carbocycles. The standard InChI is InChI=1S/C27H36N2O2/c1-22-8-10-23(11-9-22)27(16-3-4-17-27)26(30)28-24-12-14-25(15-13-24)31-21-7-20-29-18-5-2-6-19-29/h8-15H,2-7,16-21H2,1H3,(H,28,30). The maximum atomic E-state index is 13.3. The summed E-state index contributed by atoms with van der Waals surface area (Å²) in [6, 6.07) is 16.3. The summed E-state index contributed by atoms with van der Waals surface area (Å²) in [4.78, 5) is 15.9. The fourth-order valence-electron chi connectivity index (χ4n) is 5.04. The number of ether oxygens (including phenoxy) is 1. The maximum absolute atomic E-state index is 13.3. The first-order valence-electron chi connectivity index (χ1n) is 12.0. The van der Waals surface area contributed by atoms with Gasteiger partial charge in [0.2, 0.25) is 5.91 Å². The Morgan fingerprint density at radius 2 is 1.61 bits per heavy atom. The number of carbonyl (C=O) groups is 1. The molecule has 4 nitrogen and oxygen atoms in total. The third-order valence-corrected chi connectivity index (χ3v) is 6.94. The molecule has 2 aliphatic rings. The minimum Gasteiger partial charge on any atom is -0.494 e. The molecule has 31 heavy (non-hydrogen) atoms. The van der Waals surface area contributed by atoms with E-state index in [1.54, 1.807) is 0 Å². The van der Waals surface area contributed by atoms with Gasteiger partial charge in [-0.25, -0.2) is 0 Å². The van der Waals surface area contributed by atoms with Crippen LogP contribution in [0.3, 0.4) is 0 Å². The lowest BCUT2D eigenvalue weighted by molar-refractivity contribution is -0.121. The highest BCUT2D eigenvalue weighted by molar-refractivity contribution is 5.99. The average Bonchev–Trinajstić information content (AvgIpc) is 3.30. The second kappa shape index (κ2) is 10.3. The molecule has 1 saturated carbocycles. The predicted octanol–water partition coefficient (Wildman–Crippen LogP) is 5.70. The molecule has 0 aromatic heterocycles. The van der Waals surface area contributed by atoms with Gasteiger partial charge < -0.3 is 15.0 Å². The van der Waals surface area contributed by atoms with Gasteiger partial charge in [-0.2, -0.15) is 0 Å². The van der Waals surface area contributed by atoms with Gasteiger partial charge in [0.15, 0.2) is 0 Å². The van der Waals surface area contributed by atoms with Crippen LogP contribution in [0.15, 0.2) is 48.5 Å². The maximum Gasteiger partial charge on any atom is 0.235 e. The molecule has 166 valence electrons. The van der Waals surface area contributed by atoms with Crippen LogP contribution >= 0.6 is 0 Å². The van der Waals surface area contributed by atoms with Crippen LogP contribution in [-0.2, 0) is 10.2 Å². The summed E-state index contributed by atoms with van der Waals surface area (Å²) in [5, 5.41) is 3.17. The number of nitrogens with zero attached hydrogens (tertiary/aromatic N) is 1. The zero-order chi connectivity index (χ0) is 21.5. The minimum atomic E-state index is -0.405. The predicted molar refractivity (Wildman–Crippen MR) is 127 cm³/mol. The molecule has 1 amide bonds. The quantitative estimate of drug-likeness (QED) is 0.557. The Balaban J connectivity index is 1.30. The second-order valence-corrected chi connectivity index (χ2v) is 9.24. The average molecular weight is 421 g/mol. The minimum absolute atomic E-state index is 0.115. The molecule has 2 aromatic rings. The number of carbonyl (C=O) groups excluding carboxylic acids is 1. The molecule has 4 heteroatoms. The van der Waals surface area contributed by atoms with Gasteiger partial charge in [-0.05, 0) is 81.9 Å². The zero-order valence-electron chi connectivity index (χ0n) is 18.9. The van der Waals surface area contributed by atoms with Crippen LogP contribution in [0.2, 0.25) is 0 Å². The third-order valence-electron chi connectivity index (χ3n) is 6.94. The van der Waals surface area contributed by atoms with Crippen molar-refractivity contribution in [3.8, 4) is 5.75 Å². The molecule has 0 bridgehead atoms. The number of nitrogens with one attached hydrogen (secondary N) is 1. The van der Waals surface area contributed by atoms with E-state index in [1.807, 2.05) is 24.3 Å². The SMILES string of the molecule is Cc1ccc(C2(C(=O)Nc3ccc(OCCCN4CCCCC4)cc3)CCCC2)cc1. The van der Waals surface area contributed by atoms with Crippen LogP contribution in [0.4, 0.5) is 5.69 Å². The number of hydrogen-bond donors (Lipinski definition) is 1. The van der Waals surface area contributed by atoms with E-state index in [-0.39, 0.29) is 5.91 Å². The fourth-order valence-corrected chi connectivity index (χ4v) is 5.04. The molecular weight excluding hydrogens is 384 g/mol. The van der Waals surface area contributed by atoms with Crippen molar-refractivity contribution in [1.82, 2.24) is 4.90 Å². The summed E-state index contributed by atoms with van der Waals surface area (Å²) in [6.07, 6.45) is 9.13. The highest BCUT2D eigenvalue weighted by Gasteiger charge is 2.42. The van der Waals surface area contributed by atoms with E-state index >= 15 is 0 Å². The molecule has 0 atom stereocenters. The number of rotatable bonds is 8. The van der Waals surface area contributed by atoms with Crippen LogP contribution in [0.1, 0.15) is 62.5 Å². The number of likely N-dealkylation sites (tertiary alicyclic amines) is 1. The summed E-state index contributed by atoms with van der Waals surface area (Å²) in [5.74, 6) is 0.981. The Hall–Kier alpha value is -2.33. The van der Waals surface area contributed by atoms with Gasteiger partial charge in [0.1, 0.15) is 5.75 Å². The number of anilines is 1. The van der Waals surface area contributed by atoms with Gasteiger partial charge in [-0.1, -0.05) is 49.1 Å². The largest absolute Gasteiger partial charge is 0.494 e. The lowest BCUT2D eigenvalue weighted by Gasteiger charge is -2.28. The van der Waals surface area contributed by atoms with E-state index in [2.05, 4.69) is 41.4 Å². The van der Waals surface area contributed by atoms with Gasteiger partial charge in [-0.3, -0.25) is 4.79 Å². The molecule has 1 saturated heterocycles. The lowest BCUT2D eigenvalue weighted by Crippen LogP contribution is -2.38. The molecule has 2 fully saturated rings. The summed E-state index contributed by atoms with van der Waals surface area (Å²) in [7, 11) is 0. The van der Waals surface area contributed by atoms with E-state index in [9.17, 15) is 4.79 Å². The van der Waals surface area contributed by atoms with E-state index in [4.69, 9.17) is 4.74 Å². The van der Waals surface area contributed by atoms with Gasteiger partial charge in [0.25, 0.3) is 0 Å². The Bertz CT molecular complexity index is 833. The van der Waals surface area contributed by atoms with Gasteiger partial charge in [0.05, 0.1) is 12.0 Å². The fraction of sp³-hybridized carbons (Fsp3) is 0.519. The molecule has 1 aliphatic carbocycles. The van der Waals surface area contributed by atoms with E-state index in [0.717, 1.165) is 62.3 Å². The van der Waals surface area contributed by atoms with Crippen LogP contribution in [0.25, 0.3) is 0 Å². The van der Waals surface area contributed by atoms with Crippen molar-refractivity contribution < 1.29 is 9.53 Å². The molecule has 0 spiro atoms. The van der Waals surface area contributed by atoms with Crippen molar-refractivity contribution in [3.05, 3.63) is 59.7 Å². The van der Waals surface area contributed by atoms with Crippen molar-refractivity contribution in [2.45, 2.75) is 63.7 Å². The molecule has 1 aliphatic heterocycles. The van der Waals surface area contributed by atoms with Crippen molar-refractivity contribution in [2.75, 3.05) is 31.6 Å². The molecular formula is C27H36N2O2. The van der Waals surface area contributed by atoms with Gasteiger partial charge in [-0.15, -0.1) is 0 Å². The summed E-state index contributed by atoms with van der Waals surface area (Å²) in [5.41, 5.74) is 2.80. The molecule has 4 rings (SSSR count). The van der Waals surface area contributed by atoms with Crippen molar-refractivity contribution >= 4 is 11.6 Å². The summed E-state index contributed by atoms with van der Waals surface area (Å²) in [6.45, 7) is 6.41. The first-order valence-corrected chi connectivity index (χ1v) is 12.0. The van der Waals surface area contributed by atoms with Gasteiger partial charge in [0, 0.05) is 12.2 Å². The number of benzene rings is 2. The molecule has 0 radical (unpaired) electrons. The summed E-state index contributed by atoms with van der Waals surface area (Å²) >= 11 is 0. The van der Waals surface area contributed by atoms with E-state index in [1.165, 1.54) is 37.9 Å². The highest BCUT2D eigenvalue weighted by atomic mass is 16.5. The number of amides is 1. The van der Waals surface area contributed by atoms with Crippen LogP contribution in [0, 0.1) is 6.92 Å². The van der Waals surface area contributed by atoms with Crippen molar-refractivity contribution in [1.29, 1.82) is 0 Å². The molecule has 1 heterocycles. The normalized spacial score (nSPS) is 18.6. The Kier molecular flexibility index (Phi) is 7.29. The number of piperidine rings is 1. The molecule has 1 N–H and O–H groups in total. The molecule has 0 unspecified atom stereocenters. The first kappa shape index (κ1) is 21.9. The second-order valence-electron chi connectivity index (χ2n) is 9.24. The highest BCUT2D eigenvalue weighted by Crippen LogP contribution is 2.42. The Labute approximate surface area is 187 Å². The van der Waals surface area contributed by atoms with Gasteiger partial charge >= 0.3 is 0 Å². The zero-order valence-corrected chi connectivity index (χ0v) is 18.9. The van der Waals surface area contributed by atoms with Crippen LogP contribution in [0.5, 0.6) is 5.75 Å². The first-order chi connectivity index (χ1) is 15.2. The Morgan fingerprint density at radius 3 is 2.29 bits per heavy atom. The monoisotopic (exact) mass is 420 g/mol. The number of aryl methyl sites for hydroxylation is 1. The van der Waals surface area contributed by atoms with Crippen LogP contribution < -0.4 is 10.1 Å². The van der Waals surface area contributed by atoms with E-state index in [0.29, 0.717) is 0 Å². The third kappa shape index (κ3) is 5.48. The van der Waals surface area contributed by atoms with Crippen LogP contribution in [-0.4, -0.2) is 37.0 Å². The van der Waals surface area contributed by atoms with Crippen molar-refractivity contribution in [3.63, 3.8) is 0 Å². The Morgan fingerprint density at radius 1 is 0.935 bits per heavy atom. The topological polar surface area (TPSA) is 41.6 Å². The van der Waals surface area contributed by atoms with E-state index < -0.39 is 5.41 Å². The number of hydrogen-bond acceptors (Lipinski definition) is 3. The van der Waals surface area contributed by atoms with Crippen molar-refractivity contribution in [2.24, 2.45) is 0 Å². The summed E-state index contributed by atoms with van der Waals surface area (Å²) < 4.78 is 5.92. The lowest BCUT2D eigenvalue weighted by atomic mass is 9.77.